The minimum Gasteiger partial charge on any atom is -0.390 e. The molecule has 6 nitrogen and oxygen atoms in total. The van der Waals surface area contributed by atoms with E-state index in [4.69, 9.17) is 11.3 Å². The zero-order valence-corrected chi connectivity index (χ0v) is 9.70. The first-order valence-corrected chi connectivity index (χ1v) is 5.45. The highest BCUT2D eigenvalue weighted by atomic mass is 19.1. The van der Waals surface area contributed by atoms with Gasteiger partial charge in [-0.2, -0.15) is 0 Å². The van der Waals surface area contributed by atoms with Gasteiger partial charge in [-0.15, -0.1) is 0 Å². The minimum atomic E-state index is -1.26. The van der Waals surface area contributed by atoms with Crippen molar-refractivity contribution in [3.8, 4) is 0 Å². The second-order valence-electron chi connectivity index (χ2n) is 3.80. The Morgan fingerprint density at radius 1 is 1.44 bits per heavy atom. The fraction of sp³-hybridized carbons (Fsp3) is 0.455. The summed E-state index contributed by atoms with van der Waals surface area (Å²) in [5.74, 6) is -0.511. The standard InChI is InChI=1S/C11H15FN4O2/c12-8-2-1-7(6-13)9(5-8)11(18)10(17)3-4-15-16-14/h1-2,5,10-11,17-18H,3-4,6,13H2. The lowest BCUT2D eigenvalue weighted by Crippen LogP contribution is -2.21. The van der Waals surface area contributed by atoms with Gasteiger partial charge in [0.2, 0.25) is 0 Å². The Bertz CT molecular complexity index is 449. The van der Waals surface area contributed by atoms with Crippen LogP contribution in [0.25, 0.3) is 10.4 Å². The van der Waals surface area contributed by atoms with Crippen molar-refractivity contribution >= 4 is 0 Å². The Morgan fingerprint density at radius 2 is 2.17 bits per heavy atom. The summed E-state index contributed by atoms with van der Waals surface area (Å²) in [6.45, 7) is 0.192. The first-order chi connectivity index (χ1) is 8.60. The van der Waals surface area contributed by atoms with Gasteiger partial charge in [-0.05, 0) is 35.2 Å². The van der Waals surface area contributed by atoms with Gasteiger partial charge >= 0.3 is 0 Å². The highest BCUT2D eigenvalue weighted by Gasteiger charge is 2.20. The molecule has 1 rings (SSSR count). The highest BCUT2D eigenvalue weighted by molar-refractivity contribution is 5.30. The van der Waals surface area contributed by atoms with Gasteiger partial charge in [0.25, 0.3) is 0 Å². The number of nitrogens with two attached hydrogens (primary N) is 1. The van der Waals surface area contributed by atoms with E-state index >= 15 is 0 Å². The average molecular weight is 254 g/mol. The predicted molar refractivity (Wildman–Crippen MR) is 63.9 cm³/mol. The molecule has 0 radical (unpaired) electrons. The Balaban J connectivity index is 2.84. The topological polar surface area (TPSA) is 115 Å². The number of nitrogens with zero attached hydrogens (tertiary/aromatic N) is 3. The first-order valence-electron chi connectivity index (χ1n) is 5.45. The van der Waals surface area contributed by atoms with E-state index in [0.717, 1.165) is 6.07 Å². The molecular formula is C11H15FN4O2. The van der Waals surface area contributed by atoms with Crippen LogP contribution in [0.1, 0.15) is 23.7 Å². The maximum absolute atomic E-state index is 13.1. The largest absolute Gasteiger partial charge is 0.390 e. The van der Waals surface area contributed by atoms with Crippen LogP contribution in [0.4, 0.5) is 4.39 Å². The normalized spacial score (nSPS) is 13.8. The Morgan fingerprint density at radius 3 is 2.78 bits per heavy atom. The van der Waals surface area contributed by atoms with Crippen molar-refractivity contribution in [3.63, 3.8) is 0 Å². The molecule has 2 atom stereocenters. The van der Waals surface area contributed by atoms with Crippen molar-refractivity contribution in [1.29, 1.82) is 0 Å². The smallest absolute Gasteiger partial charge is 0.123 e. The Hall–Kier alpha value is -1.66. The van der Waals surface area contributed by atoms with Crippen molar-refractivity contribution in [1.82, 2.24) is 0 Å². The monoisotopic (exact) mass is 254 g/mol. The van der Waals surface area contributed by atoms with Gasteiger partial charge in [0.05, 0.1) is 6.10 Å². The van der Waals surface area contributed by atoms with Gasteiger partial charge in [-0.25, -0.2) is 4.39 Å². The lowest BCUT2D eigenvalue weighted by molar-refractivity contribution is 0.0144. The summed E-state index contributed by atoms with van der Waals surface area (Å²) in [5.41, 5.74) is 14.4. The molecule has 0 amide bonds. The molecule has 1 aromatic carbocycles. The molecular weight excluding hydrogens is 239 g/mol. The van der Waals surface area contributed by atoms with Crippen LogP contribution in [0.3, 0.4) is 0 Å². The second kappa shape index (κ2) is 6.93. The van der Waals surface area contributed by atoms with Crippen LogP contribution in [0.5, 0.6) is 0 Å². The van der Waals surface area contributed by atoms with Gasteiger partial charge in [0.15, 0.2) is 0 Å². The van der Waals surface area contributed by atoms with Crippen LogP contribution in [-0.2, 0) is 6.54 Å². The number of halogens is 1. The van der Waals surface area contributed by atoms with Crippen LogP contribution < -0.4 is 5.73 Å². The number of aliphatic hydroxyl groups excluding tert-OH is 2. The van der Waals surface area contributed by atoms with Crippen LogP contribution in [0, 0.1) is 5.82 Å². The number of aliphatic hydroxyl groups is 2. The number of azide groups is 1. The van der Waals surface area contributed by atoms with Crippen molar-refractivity contribution in [3.05, 3.63) is 45.6 Å². The Labute approximate surface area is 103 Å². The summed E-state index contributed by atoms with van der Waals surface area (Å²) >= 11 is 0. The molecule has 0 aliphatic carbocycles. The molecule has 0 saturated carbocycles. The third-order valence-corrected chi connectivity index (χ3v) is 2.60. The highest BCUT2D eigenvalue weighted by Crippen LogP contribution is 2.23. The lowest BCUT2D eigenvalue weighted by Gasteiger charge is -2.20. The molecule has 0 spiro atoms. The summed E-state index contributed by atoms with van der Waals surface area (Å²) in [4.78, 5) is 2.54. The quantitative estimate of drug-likeness (QED) is 0.404. The molecule has 4 N–H and O–H groups in total. The van der Waals surface area contributed by atoms with E-state index in [1.54, 1.807) is 0 Å². The summed E-state index contributed by atoms with van der Waals surface area (Å²) in [6, 6.07) is 3.85. The molecule has 0 aromatic heterocycles. The summed E-state index contributed by atoms with van der Waals surface area (Å²) in [6.07, 6.45) is -2.30. The van der Waals surface area contributed by atoms with E-state index in [1.807, 2.05) is 0 Å². The number of rotatable bonds is 6. The molecule has 7 heteroatoms. The number of hydrogen-bond donors (Lipinski definition) is 3. The van der Waals surface area contributed by atoms with Crippen LogP contribution in [0.2, 0.25) is 0 Å². The molecule has 0 aliphatic rings. The summed E-state index contributed by atoms with van der Waals surface area (Å²) in [7, 11) is 0. The third kappa shape index (κ3) is 3.68. The Kier molecular flexibility index (Phi) is 5.54. The maximum atomic E-state index is 13.1. The van der Waals surface area contributed by atoms with Crippen molar-refractivity contribution in [2.75, 3.05) is 6.54 Å². The zero-order chi connectivity index (χ0) is 13.5. The van der Waals surface area contributed by atoms with Gasteiger partial charge in [-0.3, -0.25) is 0 Å². The van der Waals surface area contributed by atoms with E-state index in [1.165, 1.54) is 12.1 Å². The summed E-state index contributed by atoms with van der Waals surface area (Å²) in [5, 5.41) is 22.9. The molecule has 1 aromatic rings. The van der Waals surface area contributed by atoms with Gasteiger partial charge in [0.1, 0.15) is 11.9 Å². The molecule has 0 aliphatic heterocycles. The molecule has 98 valence electrons. The van der Waals surface area contributed by atoms with Gasteiger partial charge in [0, 0.05) is 18.0 Å². The molecule has 0 fully saturated rings. The third-order valence-electron chi connectivity index (χ3n) is 2.60. The molecule has 0 bridgehead atoms. The fourth-order valence-corrected chi connectivity index (χ4v) is 1.63. The molecule has 18 heavy (non-hydrogen) atoms. The predicted octanol–water partition coefficient (Wildman–Crippen LogP) is 1.38. The molecule has 2 unspecified atom stereocenters. The minimum absolute atomic E-state index is 0.0575. The lowest BCUT2D eigenvalue weighted by atomic mass is 9.97. The van der Waals surface area contributed by atoms with Gasteiger partial charge < -0.3 is 15.9 Å². The summed E-state index contributed by atoms with van der Waals surface area (Å²) < 4.78 is 13.1. The van der Waals surface area contributed by atoms with E-state index in [2.05, 4.69) is 10.0 Å². The van der Waals surface area contributed by atoms with Crippen LogP contribution in [-0.4, -0.2) is 22.9 Å². The van der Waals surface area contributed by atoms with E-state index in [9.17, 15) is 14.6 Å². The van der Waals surface area contributed by atoms with E-state index < -0.39 is 18.0 Å². The van der Waals surface area contributed by atoms with Crippen molar-refractivity contribution < 1.29 is 14.6 Å². The zero-order valence-electron chi connectivity index (χ0n) is 9.70. The first kappa shape index (κ1) is 14.4. The molecule has 0 saturated heterocycles. The number of benzene rings is 1. The molecule has 0 heterocycles. The number of hydrogen-bond acceptors (Lipinski definition) is 4. The SMILES string of the molecule is [N-]=[N+]=NCCC(O)C(O)c1cc(F)ccc1CN. The van der Waals surface area contributed by atoms with Crippen molar-refractivity contribution in [2.24, 2.45) is 10.8 Å². The van der Waals surface area contributed by atoms with Crippen molar-refractivity contribution in [2.45, 2.75) is 25.2 Å². The van der Waals surface area contributed by atoms with E-state index in [0.29, 0.717) is 5.56 Å². The second-order valence-corrected chi connectivity index (χ2v) is 3.80. The maximum Gasteiger partial charge on any atom is 0.123 e. The van der Waals surface area contributed by atoms with Crippen LogP contribution >= 0.6 is 0 Å². The van der Waals surface area contributed by atoms with Gasteiger partial charge in [-0.1, -0.05) is 11.2 Å². The van der Waals surface area contributed by atoms with Crippen LogP contribution in [0.15, 0.2) is 23.3 Å². The van der Waals surface area contributed by atoms with E-state index in [-0.39, 0.29) is 25.1 Å². The average Bonchev–Trinajstić information content (AvgIpc) is 2.38. The fourth-order valence-electron chi connectivity index (χ4n) is 1.63.